The van der Waals surface area contributed by atoms with E-state index >= 15 is 0 Å². The molecule has 30 heavy (non-hydrogen) atoms. The maximum absolute atomic E-state index is 12.7. The number of hydrogen-bond acceptors (Lipinski definition) is 4. The van der Waals surface area contributed by atoms with Gasteiger partial charge in [0.15, 0.2) is 17.1 Å². The average molecular weight is 397 g/mol. The molecule has 5 aromatic rings. The van der Waals surface area contributed by atoms with Crippen molar-refractivity contribution in [2.75, 3.05) is 11.9 Å². The third-order valence-corrected chi connectivity index (χ3v) is 4.84. The van der Waals surface area contributed by atoms with Gasteiger partial charge in [0.1, 0.15) is 5.82 Å². The Morgan fingerprint density at radius 3 is 2.70 bits per heavy atom. The van der Waals surface area contributed by atoms with Crippen molar-refractivity contribution >= 4 is 33.6 Å². The molecule has 0 aliphatic rings. The van der Waals surface area contributed by atoms with E-state index in [9.17, 15) is 4.79 Å². The first-order valence-electron chi connectivity index (χ1n) is 9.73. The molecule has 0 aliphatic heterocycles. The molecule has 2 heterocycles. The SMILES string of the molecule is CCOc1cccc2cc(C(=O)Nc3ccc(-c4nc5ccccc5[nH]4)cc3)oc12. The molecule has 0 fully saturated rings. The number of carbonyl (C=O) groups is 1. The van der Waals surface area contributed by atoms with Crippen molar-refractivity contribution in [2.45, 2.75) is 6.92 Å². The summed E-state index contributed by atoms with van der Waals surface area (Å²) in [5, 5.41) is 3.70. The van der Waals surface area contributed by atoms with Crippen LogP contribution in [0.25, 0.3) is 33.4 Å². The molecule has 5 rings (SSSR count). The van der Waals surface area contributed by atoms with E-state index in [0.29, 0.717) is 23.6 Å². The van der Waals surface area contributed by atoms with Crippen LogP contribution in [0.15, 0.2) is 77.2 Å². The Balaban J connectivity index is 1.36. The van der Waals surface area contributed by atoms with Gasteiger partial charge < -0.3 is 19.5 Å². The van der Waals surface area contributed by atoms with E-state index in [1.54, 1.807) is 6.07 Å². The van der Waals surface area contributed by atoms with Crippen LogP contribution >= 0.6 is 0 Å². The molecule has 6 nitrogen and oxygen atoms in total. The summed E-state index contributed by atoms with van der Waals surface area (Å²) in [6.07, 6.45) is 0. The first kappa shape index (κ1) is 18.0. The van der Waals surface area contributed by atoms with Crippen molar-refractivity contribution in [1.29, 1.82) is 0 Å². The lowest BCUT2D eigenvalue weighted by Gasteiger charge is -2.04. The maximum Gasteiger partial charge on any atom is 0.291 e. The Morgan fingerprint density at radius 1 is 1.07 bits per heavy atom. The summed E-state index contributed by atoms with van der Waals surface area (Å²) in [5.74, 6) is 1.34. The fourth-order valence-electron chi connectivity index (χ4n) is 3.41. The molecule has 0 saturated heterocycles. The maximum atomic E-state index is 12.7. The Kier molecular flexibility index (Phi) is 4.44. The number of benzene rings is 3. The normalized spacial score (nSPS) is 11.1. The number of furan rings is 1. The lowest BCUT2D eigenvalue weighted by Crippen LogP contribution is -2.10. The molecule has 0 spiro atoms. The van der Waals surface area contributed by atoms with Crippen LogP contribution in [0, 0.1) is 0 Å². The van der Waals surface area contributed by atoms with E-state index in [1.807, 2.05) is 73.7 Å². The quantitative estimate of drug-likeness (QED) is 0.403. The van der Waals surface area contributed by atoms with Gasteiger partial charge in [-0.2, -0.15) is 0 Å². The van der Waals surface area contributed by atoms with Crippen molar-refractivity contribution < 1.29 is 13.9 Å². The second-order valence-corrected chi connectivity index (χ2v) is 6.85. The van der Waals surface area contributed by atoms with Crippen molar-refractivity contribution in [1.82, 2.24) is 9.97 Å². The number of para-hydroxylation sites is 3. The Morgan fingerprint density at radius 2 is 1.90 bits per heavy atom. The van der Waals surface area contributed by atoms with Gasteiger partial charge in [-0.3, -0.25) is 4.79 Å². The fraction of sp³-hybridized carbons (Fsp3) is 0.0833. The Bertz CT molecular complexity index is 1320. The zero-order valence-electron chi connectivity index (χ0n) is 16.3. The number of aromatic amines is 1. The molecule has 0 unspecified atom stereocenters. The van der Waals surface area contributed by atoms with Crippen LogP contribution in [-0.2, 0) is 0 Å². The third kappa shape index (κ3) is 3.28. The van der Waals surface area contributed by atoms with Gasteiger partial charge in [-0.15, -0.1) is 0 Å². The largest absolute Gasteiger partial charge is 0.490 e. The fourth-order valence-corrected chi connectivity index (χ4v) is 3.41. The summed E-state index contributed by atoms with van der Waals surface area (Å²) in [6.45, 7) is 2.43. The molecule has 148 valence electrons. The second kappa shape index (κ2) is 7.40. The van der Waals surface area contributed by atoms with Crippen LogP contribution in [0.5, 0.6) is 5.75 Å². The van der Waals surface area contributed by atoms with Crippen molar-refractivity contribution in [3.8, 4) is 17.1 Å². The highest BCUT2D eigenvalue weighted by Gasteiger charge is 2.15. The highest BCUT2D eigenvalue weighted by atomic mass is 16.5. The van der Waals surface area contributed by atoms with Crippen molar-refractivity contribution in [3.63, 3.8) is 0 Å². The van der Waals surface area contributed by atoms with E-state index in [0.717, 1.165) is 27.8 Å². The number of hydrogen-bond donors (Lipinski definition) is 2. The van der Waals surface area contributed by atoms with Crippen molar-refractivity contribution in [3.05, 3.63) is 78.6 Å². The third-order valence-electron chi connectivity index (χ3n) is 4.84. The van der Waals surface area contributed by atoms with Crippen molar-refractivity contribution in [2.24, 2.45) is 0 Å². The van der Waals surface area contributed by atoms with Gasteiger partial charge in [0.05, 0.1) is 17.6 Å². The van der Waals surface area contributed by atoms with Gasteiger partial charge in [-0.1, -0.05) is 24.3 Å². The molecule has 0 radical (unpaired) electrons. The molecule has 0 bridgehead atoms. The zero-order valence-corrected chi connectivity index (χ0v) is 16.3. The summed E-state index contributed by atoms with van der Waals surface area (Å²) >= 11 is 0. The molecule has 2 N–H and O–H groups in total. The number of imidazole rings is 1. The van der Waals surface area contributed by atoms with E-state index in [-0.39, 0.29) is 11.7 Å². The first-order chi connectivity index (χ1) is 14.7. The van der Waals surface area contributed by atoms with Gasteiger partial charge in [-0.25, -0.2) is 4.98 Å². The molecular weight excluding hydrogens is 378 g/mol. The molecule has 2 aromatic heterocycles. The van der Waals surface area contributed by atoms with Gasteiger partial charge in [0.25, 0.3) is 5.91 Å². The number of nitrogens with zero attached hydrogens (tertiary/aromatic N) is 1. The number of carbonyl (C=O) groups excluding carboxylic acids is 1. The van der Waals surface area contributed by atoms with Gasteiger partial charge in [0.2, 0.25) is 0 Å². The molecular formula is C24H19N3O3. The number of aromatic nitrogens is 2. The summed E-state index contributed by atoms with van der Waals surface area (Å²) in [7, 11) is 0. The van der Waals surface area contributed by atoms with Crippen LogP contribution in [0.3, 0.4) is 0 Å². The number of anilines is 1. The van der Waals surface area contributed by atoms with E-state index in [1.165, 1.54) is 0 Å². The van der Waals surface area contributed by atoms with E-state index in [2.05, 4.69) is 15.3 Å². The van der Waals surface area contributed by atoms with E-state index < -0.39 is 0 Å². The summed E-state index contributed by atoms with van der Waals surface area (Å²) in [4.78, 5) is 20.6. The lowest BCUT2D eigenvalue weighted by atomic mass is 10.2. The second-order valence-electron chi connectivity index (χ2n) is 6.85. The molecule has 6 heteroatoms. The average Bonchev–Trinajstić information content (AvgIpc) is 3.39. The minimum atomic E-state index is -0.315. The highest BCUT2D eigenvalue weighted by Crippen LogP contribution is 2.29. The number of amides is 1. The van der Waals surface area contributed by atoms with Crippen LogP contribution in [-0.4, -0.2) is 22.5 Å². The van der Waals surface area contributed by atoms with Crippen LogP contribution in [0.1, 0.15) is 17.5 Å². The molecule has 3 aromatic carbocycles. The number of rotatable bonds is 5. The Labute approximate surface area is 172 Å². The Hall–Kier alpha value is -4.06. The molecule has 0 aliphatic carbocycles. The summed E-state index contributed by atoms with van der Waals surface area (Å²) in [6, 6.07) is 22.7. The number of H-pyrrole nitrogens is 1. The van der Waals surface area contributed by atoms with Crippen LogP contribution < -0.4 is 10.1 Å². The smallest absolute Gasteiger partial charge is 0.291 e. The summed E-state index contributed by atoms with van der Waals surface area (Å²) < 4.78 is 11.3. The topological polar surface area (TPSA) is 80.1 Å². The first-order valence-corrected chi connectivity index (χ1v) is 9.73. The summed E-state index contributed by atoms with van der Waals surface area (Å²) in [5.41, 5.74) is 4.09. The highest BCUT2D eigenvalue weighted by molar-refractivity contribution is 6.05. The van der Waals surface area contributed by atoms with Crippen LogP contribution in [0.4, 0.5) is 5.69 Å². The number of nitrogens with one attached hydrogen (secondary N) is 2. The minimum absolute atomic E-state index is 0.235. The zero-order chi connectivity index (χ0) is 20.5. The van der Waals surface area contributed by atoms with Gasteiger partial charge in [0, 0.05) is 16.6 Å². The van der Waals surface area contributed by atoms with Crippen LogP contribution in [0.2, 0.25) is 0 Å². The number of fused-ring (bicyclic) bond motifs is 2. The molecule has 1 amide bonds. The van der Waals surface area contributed by atoms with Gasteiger partial charge >= 0.3 is 0 Å². The number of ether oxygens (including phenoxy) is 1. The predicted molar refractivity (Wildman–Crippen MR) is 117 cm³/mol. The molecule has 0 saturated carbocycles. The van der Waals surface area contributed by atoms with E-state index in [4.69, 9.17) is 9.15 Å². The minimum Gasteiger partial charge on any atom is -0.490 e. The standard InChI is InChI=1S/C24H19N3O3/c1-2-29-20-9-5-6-16-14-21(30-22(16)20)24(28)25-17-12-10-15(11-13-17)23-26-18-7-3-4-8-19(18)27-23/h3-14H,2H2,1H3,(H,25,28)(H,26,27). The monoisotopic (exact) mass is 397 g/mol. The lowest BCUT2D eigenvalue weighted by molar-refractivity contribution is 0.0998. The van der Waals surface area contributed by atoms with Gasteiger partial charge in [-0.05, 0) is 55.5 Å². The molecule has 0 atom stereocenters. The predicted octanol–water partition coefficient (Wildman–Crippen LogP) is 5.63.